The molecule has 1 heterocycles. The van der Waals surface area contributed by atoms with Gasteiger partial charge in [0.05, 0.1) is 10.3 Å². The van der Waals surface area contributed by atoms with Gasteiger partial charge in [0, 0.05) is 23.4 Å². The fourth-order valence-electron chi connectivity index (χ4n) is 4.43. The van der Waals surface area contributed by atoms with E-state index < -0.39 is 14.6 Å². The van der Waals surface area contributed by atoms with E-state index in [-0.39, 0.29) is 0 Å². The lowest BCUT2D eigenvalue weighted by Crippen LogP contribution is -2.28. The molecule has 35 heavy (non-hydrogen) atoms. The number of sulfone groups is 1. The summed E-state index contributed by atoms with van der Waals surface area (Å²) >= 11 is 0. The minimum atomic E-state index is -3.33. The molecule has 0 aliphatic carbocycles. The van der Waals surface area contributed by atoms with Crippen molar-refractivity contribution in [2.24, 2.45) is 0 Å². The monoisotopic (exact) mass is 477 g/mol. The smallest absolute Gasteiger partial charge is 0.156 e. The van der Waals surface area contributed by atoms with Crippen LogP contribution in [0.1, 0.15) is 19.4 Å². The number of fused-ring (bicyclic) bond motifs is 1. The first-order chi connectivity index (χ1) is 16.8. The maximum atomic E-state index is 12.6. The first kappa shape index (κ1) is 23.0. The van der Waals surface area contributed by atoms with Crippen LogP contribution in [0.15, 0.2) is 109 Å². The number of rotatable bonds is 5. The Morgan fingerprint density at radius 3 is 1.91 bits per heavy atom. The Balaban J connectivity index is 1.72. The SMILES string of the molecule is CC(C)(c1cc(-c2cccc(-c3ccccc3-c3ccccc3)c2)c2ncccc2c1)S(C)(=O)=O. The van der Waals surface area contributed by atoms with E-state index in [1.807, 2.05) is 30.3 Å². The van der Waals surface area contributed by atoms with Crippen LogP contribution in [0.2, 0.25) is 0 Å². The molecule has 174 valence electrons. The van der Waals surface area contributed by atoms with Crippen LogP contribution in [-0.2, 0) is 14.6 Å². The second kappa shape index (κ2) is 8.79. The van der Waals surface area contributed by atoms with Gasteiger partial charge in [-0.15, -0.1) is 0 Å². The predicted molar refractivity (Wildman–Crippen MR) is 146 cm³/mol. The van der Waals surface area contributed by atoms with E-state index in [9.17, 15) is 8.42 Å². The van der Waals surface area contributed by atoms with E-state index in [0.29, 0.717) is 0 Å². The molecule has 0 N–H and O–H groups in total. The Bertz CT molecular complexity index is 1640. The third-order valence-electron chi connectivity index (χ3n) is 6.82. The fraction of sp³-hybridized carbons (Fsp3) is 0.129. The summed E-state index contributed by atoms with van der Waals surface area (Å²) in [6, 6.07) is 35.0. The van der Waals surface area contributed by atoms with Gasteiger partial charge in [-0.25, -0.2) is 8.42 Å². The molecule has 0 atom stereocenters. The zero-order valence-corrected chi connectivity index (χ0v) is 20.9. The zero-order valence-electron chi connectivity index (χ0n) is 20.1. The minimum absolute atomic E-state index is 0.755. The summed E-state index contributed by atoms with van der Waals surface area (Å²) in [5.74, 6) is 0. The molecule has 5 rings (SSSR count). The topological polar surface area (TPSA) is 47.0 Å². The van der Waals surface area contributed by atoms with E-state index in [1.54, 1.807) is 20.0 Å². The number of hydrogen-bond acceptors (Lipinski definition) is 3. The summed E-state index contributed by atoms with van der Waals surface area (Å²) in [6.45, 7) is 3.52. The van der Waals surface area contributed by atoms with Gasteiger partial charge in [-0.05, 0) is 71.5 Å². The largest absolute Gasteiger partial charge is 0.256 e. The van der Waals surface area contributed by atoms with E-state index >= 15 is 0 Å². The first-order valence-corrected chi connectivity index (χ1v) is 13.5. The molecular formula is C31H27NO2S. The van der Waals surface area contributed by atoms with Gasteiger partial charge < -0.3 is 0 Å². The molecular weight excluding hydrogens is 450 g/mol. The van der Waals surface area contributed by atoms with Crippen LogP contribution < -0.4 is 0 Å². The van der Waals surface area contributed by atoms with Crippen molar-refractivity contribution >= 4 is 20.7 Å². The van der Waals surface area contributed by atoms with Crippen LogP contribution in [0.5, 0.6) is 0 Å². The summed E-state index contributed by atoms with van der Waals surface area (Å²) in [4.78, 5) is 4.66. The lowest BCUT2D eigenvalue weighted by Gasteiger charge is -2.24. The second-order valence-electron chi connectivity index (χ2n) is 9.37. The third kappa shape index (κ3) is 4.26. The summed E-state index contributed by atoms with van der Waals surface area (Å²) < 4.78 is 24.2. The molecule has 0 saturated heterocycles. The van der Waals surface area contributed by atoms with Gasteiger partial charge in [0.2, 0.25) is 0 Å². The van der Waals surface area contributed by atoms with E-state index in [1.165, 1.54) is 11.8 Å². The van der Waals surface area contributed by atoms with Crippen LogP contribution in [0.25, 0.3) is 44.3 Å². The fourth-order valence-corrected chi connectivity index (χ4v) is 4.98. The lowest BCUT2D eigenvalue weighted by molar-refractivity contribution is 0.561. The highest BCUT2D eigenvalue weighted by Gasteiger charge is 2.33. The first-order valence-electron chi connectivity index (χ1n) is 11.6. The molecule has 0 fully saturated rings. The normalized spacial score (nSPS) is 12.1. The Morgan fingerprint density at radius 2 is 1.23 bits per heavy atom. The van der Waals surface area contributed by atoms with Crippen molar-refractivity contribution in [1.82, 2.24) is 4.98 Å². The Labute approximate surface area is 207 Å². The molecule has 3 nitrogen and oxygen atoms in total. The average molecular weight is 478 g/mol. The van der Waals surface area contributed by atoms with Gasteiger partial charge in [0.15, 0.2) is 9.84 Å². The van der Waals surface area contributed by atoms with Crippen molar-refractivity contribution < 1.29 is 8.42 Å². The maximum absolute atomic E-state index is 12.6. The molecule has 0 aliphatic rings. The van der Waals surface area contributed by atoms with E-state index in [4.69, 9.17) is 0 Å². The zero-order chi connectivity index (χ0) is 24.6. The summed E-state index contributed by atoms with van der Waals surface area (Å²) in [5, 5.41) is 0.923. The van der Waals surface area contributed by atoms with Crippen LogP contribution >= 0.6 is 0 Å². The maximum Gasteiger partial charge on any atom is 0.156 e. The molecule has 5 aromatic rings. The van der Waals surface area contributed by atoms with Gasteiger partial charge in [-0.3, -0.25) is 4.98 Å². The van der Waals surface area contributed by atoms with Gasteiger partial charge in [-0.1, -0.05) is 78.9 Å². The van der Waals surface area contributed by atoms with Crippen LogP contribution in [0.4, 0.5) is 0 Å². The molecule has 0 amide bonds. The molecule has 0 spiro atoms. The Hall–Kier alpha value is -3.76. The van der Waals surface area contributed by atoms with Crippen LogP contribution in [0, 0.1) is 0 Å². The number of nitrogens with zero attached hydrogens (tertiary/aromatic N) is 1. The Morgan fingerprint density at radius 1 is 0.629 bits per heavy atom. The quantitative estimate of drug-likeness (QED) is 0.263. The molecule has 0 radical (unpaired) electrons. The van der Waals surface area contributed by atoms with Crippen molar-refractivity contribution in [1.29, 1.82) is 0 Å². The van der Waals surface area contributed by atoms with Gasteiger partial charge in [-0.2, -0.15) is 0 Å². The molecule has 1 aromatic heterocycles. The molecule has 0 aliphatic heterocycles. The summed E-state index contributed by atoms with van der Waals surface area (Å²) in [7, 11) is -3.33. The standard InChI is InChI=1S/C31H27NO2S/c1-31(2,35(3,33)34)26-20-25-15-10-18-32-30(25)29(21-26)24-14-9-13-23(19-24)28-17-8-7-16-27(28)22-11-5-4-6-12-22/h4-21H,1-3H3. The van der Waals surface area contributed by atoms with Crippen molar-refractivity contribution in [3.8, 4) is 33.4 Å². The van der Waals surface area contributed by atoms with Gasteiger partial charge in [0.1, 0.15) is 0 Å². The van der Waals surface area contributed by atoms with Crippen LogP contribution in [-0.4, -0.2) is 19.7 Å². The molecule has 4 heteroatoms. The van der Waals surface area contributed by atoms with Crippen molar-refractivity contribution in [2.45, 2.75) is 18.6 Å². The number of hydrogen-bond donors (Lipinski definition) is 0. The highest BCUT2D eigenvalue weighted by molar-refractivity contribution is 7.91. The van der Waals surface area contributed by atoms with Crippen LogP contribution in [0.3, 0.4) is 0 Å². The molecule has 0 unspecified atom stereocenters. The highest BCUT2D eigenvalue weighted by atomic mass is 32.2. The third-order valence-corrected chi connectivity index (χ3v) is 8.91. The Kier molecular flexibility index (Phi) is 5.78. The number of aromatic nitrogens is 1. The number of pyridine rings is 1. The van der Waals surface area contributed by atoms with Crippen molar-refractivity contribution in [3.05, 3.63) is 115 Å². The molecule has 0 bridgehead atoms. The van der Waals surface area contributed by atoms with E-state index in [2.05, 4.69) is 77.8 Å². The summed E-state index contributed by atoms with van der Waals surface area (Å²) in [6.07, 6.45) is 3.07. The molecule has 0 saturated carbocycles. The van der Waals surface area contributed by atoms with Gasteiger partial charge in [0.25, 0.3) is 0 Å². The van der Waals surface area contributed by atoms with E-state index in [0.717, 1.165) is 44.3 Å². The number of benzene rings is 4. The van der Waals surface area contributed by atoms with Gasteiger partial charge >= 0.3 is 0 Å². The lowest BCUT2D eigenvalue weighted by atomic mass is 9.90. The average Bonchev–Trinajstić information content (AvgIpc) is 2.88. The van der Waals surface area contributed by atoms with Crippen molar-refractivity contribution in [3.63, 3.8) is 0 Å². The predicted octanol–water partition coefficient (Wildman–Crippen LogP) is 7.52. The highest BCUT2D eigenvalue weighted by Crippen LogP contribution is 2.38. The second-order valence-corrected chi connectivity index (χ2v) is 11.9. The molecule has 4 aromatic carbocycles. The minimum Gasteiger partial charge on any atom is -0.256 e. The van der Waals surface area contributed by atoms with Crippen molar-refractivity contribution in [2.75, 3.05) is 6.26 Å². The summed E-state index contributed by atoms with van der Waals surface area (Å²) in [5.41, 5.74) is 8.11.